The molecule has 0 saturated carbocycles. The molecule has 0 fully saturated rings. The van der Waals surface area contributed by atoms with E-state index in [9.17, 15) is 5.11 Å². The van der Waals surface area contributed by atoms with E-state index in [4.69, 9.17) is 5.41 Å². The largest absolute Gasteiger partial charge is 0.507 e. The summed E-state index contributed by atoms with van der Waals surface area (Å²) >= 11 is 3.39. The maximum absolute atomic E-state index is 9.81. The molecule has 0 saturated heterocycles. The number of aliphatic imine (C=N–C) groups is 1. The maximum Gasteiger partial charge on any atom is 0.129 e. The molecule has 5 nitrogen and oxygen atoms in total. The molecule has 1 atom stereocenters. The minimum absolute atomic E-state index is 0.113. The zero-order chi connectivity index (χ0) is 17.4. The number of H-pyrrole nitrogens is 1. The van der Waals surface area contributed by atoms with E-state index in [-0.39, 0.29) is 11.8 Å². The van der Waals surface area contributed by atoms with Gasteiger partial charge in [-0.3, -0.25) is 5.41 Å². The van der Waals surface area contributed by atoms with Gasteiger partial charge >= 0.3 is 0 Å². The van der Waals surface area contributed by atoms with E-state index in [2.05, 4.69) is 31.2 Å². The topological polar surface area (TPSA) is 84.3 Å². The van der Waals surface area contributed by atoms with Crippen LogP contribution in [0.1, 0.15) is 28.4 Å². The number of rotatable bonds is 2. The predicted molar refractivity (Wildman–Crippen MR) is 103 cm³/mol. The van der Waals surface area contributed by atoms with E-state index in [0.717, 1.165) is 40.1 Å². The van der Waals surface area contributed by atoms with Crippen LogP contribution in [-0.2, 0) is 0 Å². The van der Waals surface area contributed by atoms with Gasteiger partial charge in [0.1, 0.15) is 12.1 Å². The van der Waals surface area contributed by atoms with Crippen molar-refractivity contribution >= 4 is 33.7 Å². The molecular weight excluding hydrogens is 380 g/mol. The number of aromatic hydroxyl groups is 1. The number of hydrogen-bond acceptors (Lipinski definition) is 3. The molecule has 1 unspecified atom stereocenters. The van der Waals surface area contributed by atoms with Gasteiger partial charge in [0.05, 0.1) is 21.9 Å². The van der Waals surface area contributed by atoms with Crippen LogP contribution in [0.5, 0.6) is 5.75 Å². The first-order valence-corrected chi connectivity index (χ1v) is 8.57. The number of nitrogens with one attached hydrogen (secondary N) is 3. The summed E-state index contributed by atoms with van der Waals surface area (Å²) in [6.45, 7) is 0. The van der Waals surface area contributed by atoms with Gasteiger partial charge in [-0.2, -0.15) is 0 Å². The van der Waals surface area contributed by atoms with E-state index in [1.807, 2.05) is 48.7 Å². The molecule has 1 aliphatic rings. The number of para-hydroxylation sites is 1. The maximum atomic E-state index is 9.81. The number of halogens is 1. The van der Waals surface area contributed by atoms with Crippen molar-refractivity contribution in [1.82, 2.24) is 4.98 Å². The van der Waals surface area contributed by atoms with Crippen LogP contribution in [-0.4, -0.2) is 22.1 Å². The van der Waals surface area contributed by atoms with Gasteiger partial charge in [-0.05, 0) is 45.8 Å². The van der Waals surface area contributed by atoms with E-state index >= 15 is 0 Å². The Kier molecular flexibility index (Phi) is 3.89. The summed E-state index contributed by atoms with van der Waals surface area (Å²) in [5.41, 5.74) is 5.55. The summed E-state index contributed by atoms with van der Waals surface area (Å²) < 4.78 is 0.648. The monoisotopic (exact) mass is 394 g/mol. The van der Waals surface area contributed by atoms with Crippen LogP contribution in [0.3, 0.4) is 0 Å². The van der Waals surface area contributed by atoms with Crippen molar-refractivity contribution < 1.29 is 5.11 Å². The minimum atomic E-state index is -0.113. The Morgan fingerprint density at radius 1 is 1.16 bits per heavy atom. The SMILES string of the molecule is N=CN=C1c2ccccc2NC(c2ccc(O)c(Br)c2)c2cc[nH]c21. The highest BCUT2D eigenvalue weighted by atomic mass is 79.9. The molecule has 0 spiro atoms. The molecule has 3 aromatic rings. The Hall–Kier alpha value is -2.86. The van der Waals surface area contributed by atoms with Crippen molar-refractivity contribution in [2.75, 3.05) is 5.32 Å². The second-order valence-corrected chi connectivity index (χ2v) is 6.60. The number of hydrogen-bond donors (Lipinski definition) is 4. The Balaban J connectivity index is 1.95. The lowest BCUT2D eigenvalue weighted by molar-refractivity contribution is 0.471. The van der Waals surface area contributed by atoms with Crippen LogP contribution < -0.4 is 5.32 Å². The normalized spacial score (nSPS) is 17.3. The Morgan fingerprint density at radius 3 is 2.80 bits per heavy atom. The van der Waals surface area contributed by atoms with E-state index in [0.29, 0.717) is 4.47 Å². The molecule has 0 bridgehead atoms. The average Bonchev–Trinajstić information content (AvgIpc) is 3.05. The summed E-state index contributed by atoms with van der Waals surface area (Å²) in [6.07, 6.45) is 2.94. The standard InChI is InChI=1S/C19H15BrN4O/c20-14-9-11(5-6-16(14)25)17-13-7-8-22-19(13)18(23-10-21)12-3-1-2-4-15(12)24-17/h1-10,17,21-22,24-25H. The zero-order valence-corrected chi connectivity index (χ0v) is 14.7. The smallest absolute Gasteiger partial charge is 0.129 e. The Bertz CT molecular complexity index is 993. The number of phenolic OH excluding ortho intramolecular Hbond substituents is 1. The first-order chi connectivity index (χ1) is 12.2. The lowest BCUT2D eigenvalue weighted by atomic mass is 9.97. The highest BCUT2D eigenvalue weighted by Crippen LogP contribution is 2.37. The number of nitrogens with zero attached hydrogens (tertiary/aromatic N) is 1. The fraction of sp³-hybridized carbons (Fsp3) is 0.0526. The molecule has 0 radical (unpaired) electrons. The van der Waals surface area contributed by atoms with Crippen LogP contribution in [0.15, 0.2) is 64.2 Å². The van der Waals surface area contributed by atoms with Crippen molar-refractivity contribution in [1.29, 1.82) is 5.41 Å². The Labute approximate surface area is 153 Å². The van der Waals surface area contributed by atoms with Gasteiger partial charge < -0.3 is 15.4 Å². The third-order valence-electron chi connectivity index (χ3n) is 4.31. The van der Waals surface area contributed by atoms with Crippen LogP contribution in [0, 0.1) is 5.41 Å². The van der Waals surface area contributed by atoms with Gasteiger partial charge in [0.15, 0.2) is 0 Å². The van der Waals surface area contributed by atoms with Gasteiger partial charge in [-0.1, -0.05) is 24.3 Å². The fourth-order valence-corrected chi connectivity index (χ4v) is 3.57. The highest BCUT2D eigenvalue weighted by Gasteiger charge is 2.27. The number of phenols is 1. The highest BCUT2D eigenvalue weighted by molar-refractivity contribution is 9.10. The molecule has 6 heteroatoms. The van der Waals surface area contributed by atoms with Crippen LogP contribution >= 0.6 is 15.9 Å². The van der Waals surface area contributed by atoms with Crippen molar-refractivity contribution in [3.63, 3.8) is 0 Å². The molecule has 25 heavy (non-hydrogen) atoms. The molecule has 0 aliphatic carbocycles. The van der Waals surface area contributed by atoms with Crippen molar-refractivity contribution in [3.05, 3.63) is 81.6 Å². The molecule has 4 N–H and O–H groups in total. The van der Waals surface area contributed by atoms with Gasteiger partial charge in [-0.25, -0.2) is 4.99 Å². The van der Waals surface area contributed by atoms with E-state index < -0.39 is 0 Å². The number of anilines is 1. The van der Waals surface area contributed by atoms with E-state index in [1.165, 1.54) is 0 Å². The van der Waals surface area contributed by atoms with Crippen LogP contribution in [0.2, 0.25) is 0 Å². The van der Waals surface area contributed by atoms with Crippen LogP contribution in [0.25, 0.3) is 0 Å². The number of aromatic nitrogens is 1. The number of benzene rings is 2. The molecule has 2 heterocycles. The lowest BCUT2D eigenvalue weighted by Crippen LogP contribution is -2.11. The summed E-state index contributed by atoms with van der Waals surface area (Å²) in [5, 5.41) is 20.8. The number of aromatic amines is 1. The zero-order valence-electron chi connectivity index (χ0n) is 13.1. The fourth-order valence-electron chi connectivity index (χ4n) is 3.17. The molecule has 1 aromatic heterocycles. The summed E-state index contributed by atoms with van der Waals surface area (Å²) in [4.78, 5) is 7.56. The molecule has 4 rings (SSSR count). The Morgan fingerprint density at radius 2 is 2.00 bits per heavy atom. The van der Waals surface area contributed by atoms with Crippen LogP contribution in [0.4, 0.5) is 5.69 Å². The third kappa shape index (κ3) is 2.64. The van der Waals surface area contributed by atoms with Gasteiger partial charge in [-0.15, -0.1) is 0 Å². The third-order valence-corrected chi connectivity index (χ3v) is 4.94. The van der Waals surface area contributed by atoms with E-state index in [1.54, 1.807) is 6.07 Å². The van der Waals surface area contributed by atoms with Gasteiger partial charge in [0, 0.05) is 23.0 Å². The second kappa shape index (κ2) is 6.22. The molecule has 124 valence electrons. The second-order valence-electron chi connectivity index (χ2n) is 5.75. The number of fused-ring (bicyclic) bond motifs is 2. The lowest BCUT2D eigenvalue weighted by Gasteiger charge is -2.19. The molecule has 1 aliphatic heterocycles. The van der Waals surface area contributed by atoms with Crippen molar-refractivity contribution in [2.24, 2.45) is 4.99 Å². The molecular formula is C19H15BrN4O. The average molecular weight is 395 g/mol. The molecule has 0 amide bonds. The predicted octanol–water partition coefficient (Wildman–Crippen LogP) is 4.44. The van der Waals surface area contributed by atoms with Gasteiger partial charge in [0.2, 0.25) is 0 Å². The summed E-state index contributed by atoms with van der Waals surface area (Å²) in [5.74, 6) is 0.207. The molecule has 2 aromatic carbocycles. The van der Waals surface area contributed by atoms with Gasteiger partial charge in [0.25, 0.3) is 0 Å². The minimum Gasteiger partial charge on any atom is -0.507 e. The summed E-state index contributed by atoms with van der Waals surface area (Å²) in [7, 11) is 0. The summed E-state index contributed by atoms with van der Waals surface area (Å²) in [6, 6.07) is 15.3. The van der Waals surface area contributed by atoms with Crippen molar-refractivity contribution in [3.8, 4) is 5.75 Å². The quantitative estimate of drug-likeness (QED) is 0.382. The first kappa shape index (κ1) is 15.7. The van der Waals surface area contributed by atoms with Crippen molar-refractivity contribution in [2.45, 2.75) is 6.04 Å². The first-order valence-electron chi connectivity index (χ1n) is 7.78.